The number of benzene rings is 1. The van der Waals surface area contributed by atoms with Gasteiger partial charge in [0.2, 0.25) is 0 Å². The summed E-state index contributed by atoms with van der Waals surface area (Å²) in [5, 5.41) is 0. The van der Waals surface area contributed by atoms with E-state index in [0.717, 1.165) is 0 Å². The van der Waals surface area contributed by atoms with Gasteiger partial charge in [0.25, 0.3) is 0 Å². The number of hydrogen-bond donors (Lipinski definition) is 0. The van der Waals surface area contributed by atoms with Gasteiger partial charge in [0.05, 0.1) is 16.8 Å². The van der Waals surface area contributed by atoms with E-state index < -0.39 is 10.1 Å². The Morgan fingerprint density at radius 2 is 1.94 bits per heavy atom. The maximum Gasteiger partial charge on any atom is 0.312 e. The smallest absolute Gasteiger partial charge is 0.312 e. The quantitative estimate of drug-likeness (QED) is 0.777. The van der Waals surface area contributed by atoms with Gasteiger partial charge in [-0.15, -0.1) is 5.92 Å². The lowest BCUT2D eigenvalue weighted by Gasteiger charge is -2.03. The Kier molecular flexibility index (Phi) is 4.62. The van der Waals surface area contributed by atoms with Gasteiger partial charge in [0, 0.05) is 0 Å². The zero-order chi connectivity index (χ0) is 12.0. The first-order valence-electron chi connectivity index (χ1n) is 4.28. The molecule has 1 aromatic rings. The van der Waals surface area contributed by atoms with Gasteiger partial charge in [-0.1, -0.05) is 5.92 Å². The van der Waals surface area contributed by atoms with Gasteiger partial charge in [-0.05, 0) is 31.2 Å². The first kappa shape index (κ1) is 12.8. The molecule has 0 saturated heterocycles. The summed E-state index contributed by atoms with van der Waals surface area (Å²) >= 11 is 4.83. The Bertz CT molecular complexity index is 496. The van der Waals surface area contributed by atoms with Gasteiger partial charge in [-0.3, -0.25) is 0 Å². The minimum Gasteiger partial charge on any atom is -0.481 e. The standard InChI is InChI=1S/C10H9ClO4S/c1-2-3-8-14-9-4-6-10(7-5-9)16(12,13)15-11/h4-7H,8H2,1H3. The van der Waals surface area contributed by atoms with Crippen LogP contribution in [0.25, 0.3) is 0 Å². The summed E-state index contributed by atoms with van der Waals surface area (Å²) in [6.45, 7) is 1.96. The van der Waals surface area contributed by atoms with Crippen molar-refractivity contribution in [3.63, 3.8) is 0 Å². The van der Waals surface area contributed by atoms with Crippen molar-refractivity contribution in [1.29, 1.82) is 0 Å². The molecule has 4 nitrogen and oxygen atoms in total. The molecule has 0 fully saturated rings. The minimum atomic E-state index is -3.86. The topological polar surface area (TPSA) is 52.6 Å². The monoisotopic (exact) mass is 260 g/mol. The molecular weight excluding hydrogens is 252 g/mol. The molecule has 0 aromatic heterocycles. The molecule has 0 amide bonds. The van der Waals surface area contributed by atoms with E-state index in [-0.39, 0.29) is 11.5 Å². The highest BCUT2D eigenvalue weighted by atomic mass is 35.5. The van der Waals surface area contributed by atoms with Crippen molar-refractivity contribution in [2.75, 3.05) is 6.61 Å². The number of ether oxygens (including phenoxy) is 1. The summed E-state index contributed by atoms with van der Waals surface area (Å²) in [5.74, 6) is 5.92. The van der Waals surface area contributed by atoms with Crippen LogP contribution in [0.3, 0.4) is 0 Å². The van der Waals surface area contributed by atoms with E-state index in [4.69, 9.17) is 16.6 Å². The molecule has 0 saturated carbocycles. The van der Waals surface area contributed by atoms with Gasteiger partial charge in [-0.2, -0.15) is 12.2 Å². The fourth-order valence-corrected chi connectivity index (χ4v) is 1.69. The molecule has 0 aliphatic rings. The van der Waals surface area contributed by atoms with Crippen molar-refractivity contribution in [1.82, 2.24) is 0 Å². The molecule has 0 bridgehead atoms. The average molecular weight is 261 g/mol. The summed E-state index contributed by atoms with van der Waals surface area (Å²) in [5.41, 5.74) is 0. The van der Waals surface area contributed by atoms with Crippen molar-refractivity contribution < 1.29 is 16.9 Å². The Morgan fingerprint density at radius 1 is 1.31 bits per heavy atom. The van der Waals surface area contributed by atoms with E-state index in [1.807, 2.05) is 0 Å². The highest BCUT2D eigenvalue weighted by molar-refractivity contribution is 7.87. The average Bonchev–Trinajstić information content (AvgIpc) is 2.30. The molecular formula is C10H9ClO4S. The molecule has 0 aliphatic heterocycles. The summed E-state index contributed by atoms with van der Waals surface area (Å²) in [6.07, 6.45) is 0. The first-order chi connectivity index (χ1) is 7.60. The fraction of sp³-hybridized carbons (Fsp3) is 0.200. The largest absolute Gasteiger partial charge is 0.481 e. The third-order valence-corrected chi connectivity index (χ3v) is 3.20. The molecule has 0 N–H and O–H groups in total. The van der Waals surface area contributed by atoms with Crippen LogP contribution in [0.4, 0.5) is 0 Å². The van der Waals surface area contributed by atoms with Crippen LogP contribution in [0.5, 0.6) is 5.75 Å². The van der Waals surface area contributed by atoms with Gasteiger partial charge in [0.15, 0.2) is 0 Å². The summed E-state index contributed by atoms with van der Waals surface area (Å²) in [7, 11) is -3.86. The second-order valence-electron chi connectivity index (χ2n) is 2.70. The van der Waals surface area contributed by atoms with Crippen LogP contribution in [-0.4, -0.2) is 15.0 Å². The molecule has 0 spiro atoms. The van der Waals surface area contributed by atoms with E-state index in [0.29, 0.717) is 5.75 Å². The van der Waals surface area contributed by atoms with Gasteiger partial charge in [-0.25, -0.2) is 0 Å². The molecule has 0 atom stereocenters. The zero-order valence-electron chi connectivity index (χ0n) is 8.44. The van der Waals surface area contributed by atoms with Crippen LogP contribution in [0.1, 0.15) is 6.92 Å². The molecule has 6 heteroatoms. The Morgan fingerprint density at radius 3 is 2.44 bits per heavy atom. The SMILES string of the molecule is CC#CCOc1ccc(S(=O)(=O)OCl)cc1. The van der Waals surface area contributed by atoms with Crippen LogP contribution >= 0.6 is 11.9 Å². The minimum absolute atomic E-state index is 0.0311. The number of halogens is 1. The van der Waals surface area contributed by atoms with Crippen molar-refractivity contribution in [3.8, 4) is 17.6 Å². The van der Waals surface area contributed by atoms with Crippen LogP contribution in [0.2, 0.25) is 0 Å². The lowest BCUT2D eigenvalue weighted by molar-refractivity contribution is 0.370. The molecule has 1 rings (SSSR count). The van der Waals surface area contributed by atoms with Crippen LogP contribution < -0.4 is 4.74 Å². The predicted octanol–water partition coefficient (Wildman–Crippen LogP) is 1.95. The fourth-order valence-electron chi connectivity index (χ4n) is 0.930. The molecule has 0 aliphatic carbocycles. The highest BCUT2D eigenvalue weighted by Gasteiger charge is 2.13. The zero-order valence-corrected chi connectivity index (χ0v) is 10.0. The Labute approximate surface area is 99.4 Å². The van der Waals surface area contributed by atoms with Crippen molar-refractivity contribution in [2.24, 2.45) is 0 Å². The predicted molar refractivity (Wildman–Crippen MR) is 59.5 cm³/mol. The summed E-state index contributed by atoms with van der Waals surface area (Å²) < 4.78 is 31.4. The second-order valence-corrected chi connectivity index (χ2v) is 4.59. The second kappa shape index (κ2) is 5.75. The van der Waals surface area contributed by atoms with Crippen molar-refractivity contribution >= 4 is 22.0 Å². The maximum absolute atomic E-state index is 11.2. The van der Waals surface area contributed by atoms with E-state index in [1.165, 1.54) is 24.3 Å². The van der Waals surface area contributed by atoms with E-state index in [1.54, 1.807) is 6.92 Å². The molecule has 1 aromatic carbocycles. The lowest BCUT2D eigenvalue weighted by Crippen LogP contribution is -2.00. The third-order valence-electron chi connectivity index (χ3n) is 1.68. The summed E-state index contributed by atoms with van der Waals surface area (Å²) in [4.78, 5) is -0.0311. The lowest BCUT2D eigenvalue weighted by atomic mass is 10.3. The first-order valence-corrected chi connectivity index (χ1v) is 5.99. The highest BCUT2D eigenvalue weighted by Crippen LogP contribution is 2.18. The van der Waals surface area contributed by atoms with E-state index >= 15 is 0 Å². The Balaban J connectivity index is 2.78. The van der Waals surface area contributed by atoms with Crippen molar-refractivity contribution in [3.05, 3.63) is 24.3 Å². The maximum atomic E-state index is 11.2. The molecule has 0 heterocycles. The Hall–Kier alpha value is -1.22. The van der Waals surface area contributed by atoms with Gasteiger partial charge in [0.1, 0.15) is 12.4 Å². The third kappa shape index (κ3) is 3.42. The molecule has 16 heavy (non-hydrogen) atoms. The molecule has 0 unspecified atom stereocenters. The van der Waals surface area contributed by atoms with E-state index in [2.05, 4.69) is 15.6 Å². The van der Waals surface area contributed by atoms with E-state index in [9.17, 15) is 8.42 Å². The van der Waals surface area contributed by atoms with Gasteiger partial charge < -0.3 is 4.74 Å². The van der Waals surface area contributed by atoms with Crippen molar-refractivity contribution in [2.45, 2.75) is 11.8 Å². The number of rotatable bonds is 4. The normalized spacial score (nSPS) is 10.4. The van der Waals surface area contributed by atoms with Crippen LogP contribution in [0, 0.1) is 11.8 Å². The summed E-state index contributed by atoms with van der Waals surface area (Å²) in [6, 6.07) is 5.68. The van der Waals surface area contributed by atoms with Gasteiger partial charge >= 0.3 is 10.1 Å². The number of hydrogen-bond acceptors (Lipinski definition) is 4. The molecule has 86 valence electrons. The van der Waals surface area contributed by atoms with Crippen LogP contribution in [0.15, 0.2) is 29.2 Å². The molecule has 0 radical (unpaired) electrons. The van der Waals surface area contributed by atoms with Crippen LogP contribution in [-0.2, 0) is 13.9 Å².